The number of epoxide rings is 1. The molecular formula is C34H43N3O12S. The SMILES string of the molecule is C/C1=C\[C@@H]2[C@H](CC[C@]3(CO3)[C@H](OC(=O)CCC(=O)NCCOc3no[n+]([O-])c3S(=O)(=O)c3ccccc3)[C@H]3[C@@H](O)[C@@H](C)C[C@]3(O)C1=O)C2(C)C. The predicted molar refractivity (Wildman–Crippen MR) is 171 cm³/mol. The molecule has 4 aliphatic rings. The summed E-state index contributed by atoms with van der Waals surface area (Å²) >= 11 is 0. The molecule has 50 heavy (non-hydrogen) atoms. The normalized spacial score (nSPS) is 34.0. The van der Waals surface area contributed by atoms with Crippen LogP contribution in [0.4, 0.5) is 0 Å². The van der Waals surface area contributed by atoms with Gasteiger partial charge in [0.15, 0.2) is 5.78 Å². The van der Waals surface area contributed by atoms with E-state index in [1.165, 1.54) is 24.3 Å². The Balaban J connectivity index is 1.08. The number of esters is 1. The molecular weight excluding hydrogens is 674 g/mol. The number of carbonyl (C=O) groups excluding carboxylic acids is 3. The first-order valence-electron chi connectivity index (χ1n) is 16.8. The fourth-order valence-corrected chi connectivity index (χ4v) is 9.24. The summed E-state index contributed by atoms with van der Waals surface area (Å²) in [6.07, 6.45) is 0.283. The van der Waals surface area contributed by atoms with E-state index in [1.54, 1.807) is 19.9 Å². The Bertz CT molecular complexity index is 1790. The number of carbonyl (C=O) groups is 3. The van der Waals surface area contributed by atoms with E-state index < -0.39 is 73.6 Å². The number of amides is 1. The summed E-state index contributed by atoms with van der Waals surface area (Å²) in [6.45, 7) is 7.53. The maximum Gasteiger partial charge on any atom is 0.415 e. The Morgan fingerprint density at radius 3 is 2.58 bits per heavy atom. The molecule has 1 aromatic carbocycles. The Morgan fingerprint density at radius 1 is 1.20 bits per heavy atom. The standard InChI is InChI=1S/C34H43N3O12S/c1-19-16-23-22(32(23,3)4)12-13-33(18-47-33)29(26-27(40)20(2)17-34(26,42)28(19)41)48-25(39)11-10-24(38)35-14-15-46-30-31(37(43)49-36-30)50(44,45)21-8-6-5-7-9-21/h5-9,16,20,22-23,26-27,29,40,42H,10-15,17-18H2,1-4H3,(H,35,38)/b19-16+/t20-,22-,23+,26+,27-,29+,33-,34+/m0/s1. The van der Waals surface area contributed by atoms with Crippen molar-refractivity contribution in [1.29, 1.82) is 0 Å². The summed E-state index contributed by atoms with van der Waals surface area (Å²) < 4.78 is 47.5. The summed E-state index contributed by atoms with van der Waals surface area (Å²) in [5.74, 6) is -3.54. The maximum atomic E-state index is 13.8. The first kappa shape index (κ1) is 35.9. The number of benzene rings is 1. The summed E-state index contributed by atoms with van der Waals surface area (Å²) in [5, 5.41) is 40.5. The van der Waals surface area contributed by atoms with Gasteiger partial charge in [0.25, 0.3) is 9.84 Å². The number of hydrogen-bond acceptors (Lipinski definition) is 13. The van der Waals surface area contributed by atoms with Crippen LogP contribution in [0, 0.1) is 34.3 Å². The van der Waals surface area contributed by atoms with Crippen molar-refractivity contribution in [2.24, 2.45) is 29.1 Å². The van der Waals surface area contributed by atoms with E-state index in [-0.39, 0.29) is 66.1 Å². The second-order valence-electron chi connectivity index (χ2n) is 14.6. The van der Waals surface area contributed by atoms with Gasteiger partial charge in [0, 0.05) is 6.42 Å². The summed E-state index contributed by atoms with van der Waals surface area (Å²) in [5.41, 5.74) is -2.57. The van der Waals surface area contributed by atoms with Gasteiger partial charge in [-0.25, -0.2) is 8.42 Å². The third-order valence-corrected chi connectivity index (χ3v) is 12.8. The van der Waals surface area contributed by atoms with Crippen molar-refractivity contribution >= 4 is 27.5 Å². The van der Waals surface area contributed by atoms with Gasteiger partial charge in [-0.3, -0.25) is 19.0 Å². The topological polar surface area (TPSA) is 222 Å². The molecule has 16 heteroatoms. The largest absolute Gasteiger partial charge is 0.459 e. The van der Waals surface area contributed by atoms with E-state index in [4.69, 9.17) is 14.2 Å². The van der Waals surface area contributed by atoms with Gasteiger partial charge < -0.3 is 34.9 Å². The number of allylic oxidation sites excluding steroid dienone is 1. The van der Waals surface area contributed by atoms with Gasteiger partial charge in [-0.15, -0.1) is 0 Å². The number of rotatable bonds is 10. The van der Waals surface area contributed by atoms with Crippen LogP contribution in [0.3, 0.4) is 0 Å². The number of fused-ring (bicyclic) bond motifs is 2. The lowest BCUT2D eigenvalue weighted by atomic mass is 9.74. The first-order chi connectivity index (χ1) is 23.5. The lowest BCUT2D eigenvalue weighted by Crippen LogP contribution is -2.56. The average Bonchev–Trinajstić information content (AvgIpc) is 3.88. The monoisotopic (exact) mass is 717 g/mol. The third kappa shape index (κ3) is 6.42. The van der Waals surface area contributed by atoms with Crippen LogP contribution in [-0.4, -0.2) is 84.6 Å². The minimum Gasteiger partial charge on any atom is -0.459 e. The zero-order chi connectivity index (χ0) is 36.2. The lowest BCUT2D eigenvalue weighted by molar-refractivity contribution is -0.832. The quantitative estimate of drug-likeness (QED) is 0.137. The molecule has 1 aliphatic heterocycles. The fourth-order valence-electron chi connectivity index (χ4n) is 7.95. The highest BCUT2D eigenvalue weighted by molar-refractivity contribution is 7.91. The molecule has 3 aliphatic carbocycles. The van der Waals surface area contributed by atoms with Crippen molar-refractivity contribution in [3.63, 3.8) is 0 Å². The van der Waals surface area contributed by atoms with Crippen molar-refractivity contribution in [3.05, 3.63) is 47.2 Å². The number of aromatic nitrogens is 2. The molecule has 272 valence electrons. The number of Topliss-reactive ketones (excluding diaryl/α,β-unsaturated/α-hetero) is 1. The van der Waals surface area contributed by atoms with Gasteiger partial charge in [-0.2, -0.15) is 0 Å². The van der Waals surface area contributed by atoms with Gasteiger partial charge in [-0.1, -0.05) is 45.0 Å². The number of sulfone groups is 1. The number of ether oxygens (including phenoxy) is 3. The number of aliphatic hydroxyl groups is 2. The average molecular weight is 718 g/mol. The van der Waals surface area contributed by atoms with Gasteiger partial charge >= 0.3 is 16.9 Å². The maximum absolute atomic E-state index is 13.8. The Hall–Kier alpha value is -3.86. The van der Waals surface area contributed by atoms with Crippen LogP contribution >= 0.6 is 0 Å². The molecule has 15 nitrogen and oxygen atoms in total. The van der Waals surface area contributed by atoms with Crippen LogP contribution in [-0.2, 0) is 33.7 Å². The molecule has 2 aromatic rings. The molecule has 1 aromatic heterocycles. The Kier molecular flexibility index (Phi) is 9.37. The number of nitrogens with zero attached hydrogens (tertiary/aromatic N) is 2. The predicted octanol–water partition coefficient (Wildman–Crippen LogP) is 1.43. The molecule has 2 heterocycles. The molecule has 2 saturated carbocycles. The summed E-state index contributed by atoms with van der Waals surface area (Å²) in [7, 11) is -4.31. The molecule has 0 unspecified atom stereocenters. The van der Waals surface area contributed by atoms with E-state index in [2.05, 4.69) is 28.9 Å². The number of nitrogens with one attached hydrogen (secondary N) is 1. The van der Waals surface area contributed by atoms with E-state index in [0.29, 0.717) is 12.0 Å². The minimum atomic E-state index is -4.31. The van der Waals surface area contributed by atoms with Gasteiger partial charge in [0.1, 0.15) is 23.9 Å². The van der Waals surface area contributed by atoms with Crippen molar-refractivity contribution in [3.8, 4) is 5.88 Å². The first-order valence-corrected chi connectivity index (χ1v) is 18.3. The van der Waals surface area contributed by atoms with Crippen LogP contribution in [0.25, 0.3) is 0 Å². The van der Waals surface area contributed by atoms with Crippen LogP contribution < -0.4 is 15.0 Å². The molecule has 3 fully saturated rings. The minimum absolute atomic E-state index is 0.00221. The van der Waals surface area contributed by atoms with Gasteiger partial charge in [0.2, 0.25) is 5.91 Å². The van der Waals surface area contributed by atoms with Crippen LogP contribution in [0.15, 0.2) is 56.5 Å². The molecule has 0 radical (unpaired) electrons. The van der Waals surface area contributed by atoms with E-state index in [0.717, 1.165) is 6.42 Å². The van der Waals surface area contributed by atoms with E-state index in [9.17, 15) is 38.2 Å². The second-order valence-corrected chi connectivity index (χ2v) is 16.5. The second kappa shape index (κ2) is 13.0. The molecule has 0 bridgehead atoms. The molecule has 1 saturated heterocycles. The van der Waals surface area contributed by atoms with Gasteiger partial charge in [0.05, 0.1) is 41.6 Å². The molecule has 3 N–H and O–H groups in total. The zero-order valence-corrected chi connectivity index (χ0v) is 29.2. The number of hydrogen-bond donors (Lipinski definition) is 3. The zero-order valence-electron chi connectivity index (χ0n) is 28.4. The molecule has 1 amide bonds. The Labute approximate surface area is 289 Å². The molecule has 8 atom stereocenters. The summed E-state index contributed by atoms with van der Waals surface area (Å²) in [6, 6.07) is 7.18. The Morgan fingerprint density at radius 2 is 1.90 bits per heavy atom. The highest BCUT2D eigenvalue weighted by Crippen LogP contribution is 2.63. The molecule has 6 rings (SSSR count). The number of ketones is 1. The molecule has 1 spiro atoms. The van der Waals surface area contributed by atoms with Crippen LogP contribution in [0.5, 0.6) is 5.88 Å². The number of aliphatic hydroxyl groups excluding tert-OH is 1. The van der Waals surface area contributed by atoms with E-state index >= 15 is 0 Å². The summed E-state index contributed by atoms with van der Waals surface area (Å²) in [4.78, 5) is 39.3. The highest BCUT2D eigenvalue weighted by Gasteiger charge is 2.68. The lowest BCUT2D eigenvalue weighted by Gasteiger charge is -2.38. The van der Waals surface area contributed by atoms with Crippen molar-refractivity contribution in [1.82, 2.24) is 10.5 Å². The van der Waals surface area contributed by atoms with Crippen LogP contribution in [0.2, 0.25) is 0 Å². The van der Waals surface area contributed by atoms with Crippen molar-refractivity contribution in [2.45, 2.75) is 93.1 Å². The smallest absolute Gasteiger partial charge is 0.415 e. The van der Waals surface area contributed by atoms with Gasteiger partial charge in [-0.05, 0) is 72.0 Å². The van der Waals surface area contributed by atoms with Crippen molar-refractivity contribution in [2.75, 3.05) is 19.8 Å². The third-order valence-electron chi connectivity index (χ3n) is 11.0. The van der Waals surface area contributed by atoms with Crippen LogP contribution in [0.1, 0.15) is 59.8 Å². The van der Waals surface area contributed by atoms with Crippen molar-refractivity contribution < 1.29 is 56.8 Å². The fraction of sp³-hybridized carbons (Fsp3) is 0.618. The van der Waals surface area contributed by atoms with E-state index in [1.807, 2.05) is 6.08 Å². The highest BCUT2D eigenvalue weighted by atomic mass is 32.2.